The van der Waals surface area contributed by atoms with E-state index >= 15 is 0 Å². The fraction of sp³-hybridized carbons (Fsp3) is 0.846. The van der Waals surface area contributed by atoms with Crippen LogP contribution in [0, 0.1) is 11.8 Å². The van der Waals surface area contributed by atoms with Crippen LogP contribution in [0.25, 0.3) is 0 Å². The van der Waals surface area contributed by atoms with Gasteiger partial charge in [-0.05, 0) is 76.8 Å². The summed E-state index contributed by atoms with van der Waals surface area (Å²) in [6.07, 6.45) is 8.01. The van der Waals surface area contributed by atoms with Gasteiger partial charge in [0.25, 0.3) is 0 Å². The van der Waals surface area contributed by atoms with Gasteiger partial charge in [-0.1, -0.05) is 6.42 Å². The van der Waals surface area contributed by atoms with E-state index in [1.54, 1.807) is 0 Å². The Labute approximate surface area is 214 Å². The van der Waals surface area contributed by atoms with Crippen molar-refractivity contribution in [3.05, 3.63) is 0 Å². The molecule has 0 aromatic heterocycles. The maximum atomic E-state index is 12.7. The van der Waals surface area contributed by atoms with E-state index in [9.17, 15) is 19.2 Å². The van der Waals surface area contributed by atoms with Gasteiger partial charge in [0, 0.05) is 33.0 Å². The lowest BCUT2D eigenvalue weighted by molar-refractivity contribution is -0.168. The third-order valence-electron chi connectivity index (χ3n) is 7.37. The number of carbonyl (C=O) groups is 4. The maximum absolute atomic E-state index is 12.7. The zero-order valence-electron chi connectivity index (χ0n) is 21.6. The Morgan fingerprint density at radius 1 is 0.944 bits per heavy atom. The van der Waals surface area contributed by atoms with Crippen molar-refractivity contribution in [2.75, 3.05) is 32.7 Å². The predicted octanol–water partition coefficient (Wildman–Crippen LogP) is 2.89. The summed E-state index contributed by atoms with van der Waals surface area (Å²) < 4.78 is 15.4. The first kappa shape index (κ1) is 28.2. The van der Waals surface area contributed by atoms with Gasteiger partial charge in [-0.25, -0.2) is 4.79 Å². The van der Waals surface area contributed by atoms with Crippen molar-refractivity contribution in [3.63, 3.8) is 0 Å². The van der Waals surface area contributed by atoms with E-state index in [-0.39, 0.29) is 36.8 Å². The van der Waals surface area contributed by atoms with E-state index in [4.69, 9.17) is 14.2 Å². The lowest BCUT2D eigenvalue weighted by Gasteiger charge is -2.32. The van der Waals surface area contributed by atoms with Crippen LogP contribution in [0.3, 0.4) is 0 Å². The fourth-order valence-corrected chi connectivity index (χ4v) is 5.26. The molecule has 36 heavy (non-hydrogen) atoms. The summed E-state index contributed by atoms with van der Waals surface area (Å²) in [6, 6.07) is 0. The second kappa shape index (κ2) is 15.0. The molecule has 0 radical (unpaired) electrons. The van der Waals surface area contributed by atoms with Gasteiger partial charge in [0.15, 0.2) is 0 Å². The van der Waals surface area contributed by atoms with Gasteiger partial charge in [0.2, 0.25) is 18.1 Å². The van der Waals surface area contributed by atoms with E-state index in [0.717, 1.165) is 77.3 Å². The Bertz CT molecular complexity index is 735. The van der Waals surface area contributed by atoms with Gasteiger partial charge >= 0.3 is 12.1 Å². The first-order chi connectivity index (χ1) is 17.4. The van der Waals surface area contributed by atoms with Crippen LogP contribution < -0.4 is 10.6 Å². The number of esters is 1. The Kier molecular flexibility index (Phi) is 11.8. The number of hydrogen-bond donors (Lipinski definition) is 2. The molecular formula is C26H43N3O7. The van der Waals surface area contributed by atoms with Crippen LogP contribution in [0.15, 0.2) is 0 Å². The number of nitrogens with zero attached hydrogens (tertiary/aromatic N) is 1. The van der Waals surface area contributed by atoms with Crippen molar-refractivity contribution in [2.24, 2.45) is 11.8 Å². The van der Waals surface area contributed by atoms with Crippen molar-refractivity contribution >= 4 is 23.9 Å². The SMILES string of the molecule is CC(OC(=O)CCNC(=O)[C@@H]1CCCN(C(=O)CCC2CCNCC2)C1)OC(=O)OC1CCCCC1. The molecule has 1 saturated carbocycles. The van der Waals surface area contributed by atoms with E-state index in [2.05, 4.69) is 10.6 Å². The topological polar surface area (TPSA) is 123 Å². The first-order valence-corrected chi connectivity index (χ1v) is 13.7. The summed E-state index contributed by atoms with van der Waals surface area (Å²) in [5.74, 6) is -0.264. The highest BCUT2D eigenvalue weighted by molar-refractivity contribution is 5.81. The Morgan fingerprint density at radius 3 is 2.44 bits per heavy atom. The molecule has 3 fully saturated rings. The van der Waals surface area contributed by atoms with Crippen molar-refractivity contribution < 1.29 is 33.4 Å². The molecular weight excluding hydrogens is 466 g/mol. The lowest BCUT2D eigenvalue weighted by Crippen LogP contribution is -2.45. The molecule has 3 rings (SSSR count). The molecule has 0 aromatic carbocycles. The van der Waals surface area contributed by atoms with Gasteiger partial charge in [-0.2, -0.15) is 0 Å². The monoisotopic (exact) mass is 509 g/mol. The van der Waals surface area contributed by atoms with E-state index < -0.39 is 18.4 Å². The molecule has 2 atom stereocenters. The van der Waals surface area contributed by atoms with Gasteiger partial charge in [0.05, 0.1) is 12.3 Å². The van der Waals surface area contributed by atoms with Crippen LogP contribution in [0.1, 0.15) is 84.0 Å². The molecule has 10 nitrogen and oxygen atoms in total. The highest BCUT2D eigenvalue weighted by Crippen LogP contribution is 2.22. The number of ether oxygens (including phenoxy) is 3. The van der Waals surface area contributed by atoms with E-state index in [1.807, 2.05) is 4.90 Å². The molecule has 0 bridgehead atoms. The molecule has 2 N–H and O–H groups in total. The zero-order chi connectivity index (χ0) is 25.8. The number of carbonyl (C=O) groups excluding carboxylic acids is 4. The molecule has 1 unspecified atom stereocenters. The van der Waals surface area contributed by atoms with E-state index in [1.165, 1.54) is 6.92 Å². The van der Waals surface area contributed by atoms with Crippen LogP contribution in [0.5, 0.6) is 0 Å². The number of amides is 2. The first-order valence-electron chi connectivity index (χ1n) is 13.7. The second-order valence-corrected chi connectivity index (χ2v) is 10.3. The molecule has 2 heterocycles. The van der Waals surface area contributed by atoms with Gasteiger partial charge in [-0.15, -0.1) is 0 Å². The molecule has 2 aliphatic heterocycles. The summed E-state index contributed by atoms with van der Waals surface area (Å²) in [7, 11) is 0. The molecule has 3 aliphatic rings. The van der Waals surface area contributed by atoms with Crippen LogP contribution in [0.4, 0.5) is 4.79 Å². The van der Waals surface area contributed by atoms with Crippen LogP contribution >= 0.6 is 0 Å². The van der Waals surface area contributed by atoms with Crippen LogP contribution in [0.2, 0.25) is 0 Å². The normalized spacial score (nSPS) is 22.4. The van der Waals surface area contributed by atoms with Gasteiger partial charge in [-0.3, -0.25) is 14.4 Å². The quantitative estimate of drug-likeness (QED) is 0.340. The summed E-state index contributed by atoms with van der Waals surface area (Å²) >= 11 is 0. The Morgan fingerprint density at radius 2 is 1.69 bits per heavy atom. The number of rotatable bonds is 10. The minimum Gasteiger partial charge on any atom is -0.431 e. The number of piperidine rings is 2. The van der Waals surface area contributed by atoms with Crippen LogP contribution in [-0.4, -0.2) is 74.0 Å². The maximum Gasteiger partial charge on any atom is 0.511 e. The largest absolute Gasteiger partial charge is 0.511 e. The number of likely N-dealkylation sites (tertiary alicyclic amines) is 1. The zero-order valence-corrected chi connectivity index (χ0v) is 21.6. The average molecular weight is 510 g/mol. The lowest BCUT2D eigenvalue weighted by atomic mass is 9.92. The van der Waals surface area contributed by atoms with Crippen molar-refractivity contribution in [1.29, 1.82) is 0 Å². The van der Waals surface area contributed by atoms with E-state index in [0.29, 0.717) is 25.4 Å². The minimum atomic E-state index is -1.06. The molecule has 1 aliphatic carbocycles. The second-order valence-electron chi connectivity index (χ2n) is 10.3. The molecule has 0 aromatic rings. The highest BCUT2D eigenvalue weighted by Gasteiger charge is 2.29. The smallest absolute Gasteiger partial charge is 0.431 e. The summed E-state index contributed by atoms with van der Waals surface area (Å²) in [6.45, 7) is 4.75. The third kappa shape index (κ3) is 9.95. The molecule has 0 spiro atoms. The predicted molar refractivity (Wildman–Crippen MR) is 132 cm³/mol. The summed E-state index contributed by atoms with van der Waals surface area (Å²) in [5.41, 5.74) is 0. The third-order valence-corrected chi connectivity index (χ3v) is 7.37. The minimum absolute atomic E-state index is 0.0390. The molecule has 2 amide bonds. The molecule has 10 heteroatoms. The van der Waals surface area contributed by atoms with Crippen LogP contribution in [-0.2, 0) is 28.6 Å². The van der Waals surface area contributed by atoms with Gasteiger partial charge < -0.3 is 29.7 Å². The van der Waals surface area contributed by atoms with Crippen molar-refractivity contribution in [1.82, 2.24) is 15.5 Å². The Hall–Kier alpha value is -2.36. The average Bonchev–Trinajstić information content (AvgIpc) is 2.88. The van der Waals surface area contributed by atoms with Crippen molar-refractivity contribution in [3.8, 4) is 0 Å². The standard InChI is InChI=1S/C26H43N3O7/c1-19(35-26(33)36-22-7-3-2-4-8-22)34-24(31)13-16-28-25(32)21-6-5-17-29(18-21)23(30)10-9-20-11-14-27-15-12-20/h19-22,27H,2-18H2,1H3,(H,28,32)/t19?,21-/m1/s1. The highest BCUT2D eigenvalue weighted by atomic mass is 16.8. The Balaban J connectivity index is 1.28. The summed E-state index contributed by atoms with van der Waals surface area (Å²) in [4.78, 5) is 51.0. The molecule has 204 valence electrons. The fourth-order valence-electron chi connectivity index (χ4n) is 5.26. The number of nitrogens with one attached hydrogen (secondary N) is 2. The van der Waals surface area contributed by atoms with Crippen molar-refractivity contribution in [2.45, 2.75) is 96.4 Å². The van der Waals surface area contributed by atoms with Gasteiger partial charge in [0.1, 0.15) is 6.10 Å². The molecule has 2 saturated heterocycles. The summed E-state index contributed by atoms with van der Waals surface area (Å²) in [5, 5.41) is 6.12. The number of hydrogen-bond acceptors (Lipinski definition) is 8.